The van der Waals surface area contributed by atoms with Gasteiger partial charge in [-0.05, 0) is 75.3 Å². The van der Waals surface area contributed by atoms with Crippen LogP contribution in [0.1, 0.15) is 54.1 Å². The zero-order valence-corrected chi connectivity index (χ0v) is 20.6. The Hall–Kier alpha value is -2.73. The number of ether oxygens (including phenoxy) is 3. The summed E-state index contributed by atoms with van der Waals surface area (Å²) in [5.74, 6) is 3.47. The van der Waals surface area contributed by atoms with Crippen molar-refractivity contribution in [3.05, 3.63) is 53.1 Å². The van der Waals surface area contributed by atoms with Crippen molar-refractivity contribution in [2.24, 2.45) is 5.92 Å². The van der Waals surface area contributed by atoms with Gasteiger partial charge in [-0.1, -0.05) is 6.07 Å². The Labute approximate surface area is 202 Å². The lowest BCUT2D eigenvalue weighted by Crippen LogP contribution is -2.48. The summed E-state index contributed by atoms with van der Waals surface area (Å²) in [6.45, 7) is 5.58. The molecule has 2 fully saturated rings. The predicted molar refractivity (Wildman–Crippen MR) is 132 cm³/mol. The highest BCUT2D eigenvalue weighted by atomic mass is 16.5. The van der Waals surface area contributed by atoms with Crippen LogP contribution in [0.3, 0.4) is 0 Å². The molecule has 2 saturated heterocycles. The van der Waals surface area contributed by atoms with E-state index in [2.05, 4.69) is 9.80 Å². The molecule has 0 aromatic heterocycles. The summed E-state index contributed by atoms with van der Waals surface area (Å²) in [5.41, 5.74) is 3.29. The zero-order valence-electron chi connectivity index (χ0n) is 20.6. The second kappa shape index (κ2) is 9.87. The molecule has 6 nitrogen and oxygen atoms in total. The van der Waals surface area contributed by atoms with E-state index >= 15 is 0 Å². The van der Waals surface area contributed by atoms with E-state index in [4.69, 9.17) is 14.2 Å². The molecule has 1 amide bonds. The molecule has 0 spiro atoms. The van der Waals surface area contributed by atoms with Crippen LogP contribution in [-0.2, 0) is 13.0 Å². The molecule has 3 aliphatic heterocycles. The highest BCUT2D eigenvalue weighted by molar-refractivity contribution is 5.95. The number of fused-ring (bicyclic) bond motifs is 3. The Morgan fingerprint density at radius 2 is 1.71 bits per heavy atom. The van der Waals surface area contributed by atoms with Crippen molar-refractivity contribution in [3.63, 3.8) is 0 Å². The van der Waals surface area contributed by atoms with E-state index in [0.717, 1.165) is 74.6 Å². The van der Waals surface area contributed by atoms with Crippen LogP contribution in [0.5, 0.6) is 17.2 Å². The van der Waals surface area contributed by atoms with E-state index in [0.29, 0.717) is 24.6 Å². The van der Waals surface area contributed by atoms with Crippen molar-refractivity contribution in [3.8, 4) is 17.2 Å². The minimum Gasteiger partial charge on any atom is -0.496 e. The fourth-order valence-electron chi connectivity index (χ4n) is 6.38. The largest absolute Gasteiger partial charge is 0.496 e. The molecule has 2 aromatic carbocycles. The van der Waals surface area contributed by atoms with Gasteiger partial charge < -0.3 is 19.1 Å². The Kier molecular flexibility index (Phi) is 6.68. The van der Waals surface area contributed by atoms with E-state index in [1.807, 2.05) is 43.3 Å². The molecule has 6 heteroatoms. The molecule has 2 unspecified atom stereocenters. The quantitative estimate of drug-likeness (QED) is 0.602. The zero-order chi connectivity index (χ0) is 23.7. The van der Waals surface area contributed by atoms with Gasteiger partial charge in [0, 0.05) is 48.4 Å². The lowest BCUT2D eigenvalue weighted by Gasteiger charge is -2.41. The highest BCUT2D eigenvalue weighted by Gasteiger charge is 2.43. The summed E-state index contributed by atoms with van der Waals surface area (Å²) in [4.78, 5) is 18.2. The Morgan fingerprint density at radius 3 is 2.38 bits per heavy atom. The molecule has 0 radical (unpaired) electrons. The second-order valence-electron chi connectivity index (χ2n) is 9.81. The van der Waals surface area contributed by atoms with Crippen molar-refractivity contribution in [1.82, 2.24) is 9.80 Å². The van der Waals surface area contributed by atoms with E-state index in [1.165, 1.54) is 11.1 Å². The number of benzene rings is 2. The van der Waals surface area contributed by atoms with Gasteiger partial charge in [-0.25, -0.2) is 0 Å². The van der Waals surface area contributed by atoms with Gasteiger partial charge in [-0.3, -0.25) is 9.69 Å². The molecule has 34 heavy (non-hydrogen) atoms. The maximum atomic E-state index is 13.4. The van der Waals surface area contributed by atoms with Crippen LogP contribution in [0, 0.1) is 5.92 Å². The molecule has 3 aliphatic rings. The van der Waals surface area contributed by atoms with Gasteiger partial charge in [0.25, 0.3) is 5.91 Å². The van der Waals surface area contributed by atoms with Crippen molar-refractivity contribution in [1.29, 1.82) is 0 Å². The minimum absolute atomic E-state index is 0.163. The van der Waals surface area contributed by atoms with Crippen molar-refractivity contribution < 1.29 is 19.0 Å². The number of hydrogen-bond acceptors (Lipinski definition) is 5. The summed E-state index contributed by atoms with van der Waals surface area (Å²) in [6, 6.07) is 12.4. The number of methoxy groups -OCH3 is 2. The van der Waals surface area contributed by atoms with E-state index in [1.54, 1.807) is 14.2 Å². The molecule has 5 rings (SSSR count). The summed E-state index contributed by atoms with van der Waals surface area (Å²) < 4.78 is 16.9. The number of hydrogen-bond donors (Lipinski definition) is 0. The second-order valence-corrected chi connectivity index (χ2v) is 9.81. The molecule has 2 bridgehead atoms. The molecule has 2 atom stereocenters. The smallest absolute Gasteiger partial charge is 0.254 e. The van der Waals surface area contributed by atoms with Gasteiger partial charge in [-0.15, -0.1) is 0 Å². The van der Waals surface area contributed by atoms with Crippen molar-refractivity contribution in [2.45, 2.75) is 57.7 Å². The van der Waals surface area contributed by atoms with Crippen LogP contribution in [0.2, 0.25) is 0 Å². The number of piperidine rings is 1. The number of carbonyl (C=O) groups is 1. The number of nitrogens with zero attached hydrogens (tertiary/aromatic N) is 2. The van der Waals surface area contributed by atoms with Gasteiger partial charge in [0.1, 0.15) is 17.2 Å². The topological polar surface area (TPSA) is 51.2 Å². The van der Waals surface area contributed by atoms with Crippen molar-refractivity contribution >= 4 is 5.91 Å². The first-order valence-corrected chi connectivity index (χ1v) is 12.6. The van der Waals surface area contributed by atoms with Gasteiger partial charge in [0.15, 0.2) is 0 Å². The SMILES string of the molecule is CCOc1cccc(C(=O)N2C3CCC2CC(CN2CCc4c(OC)ccc(OC)c4C2)C3)c1. The summed E-state index contributed by atoms with van der Waals surface area (Å²) in [5, 5.41) is 0. The first kappa shape index (κ1) is 23.0. The number of rotatable bonds is 7. The third-order valence-corrected chi connectivity index (χ3v) is 7.82. The fourth-order valence-corrected chi connectivity index (χ4v) is 6.38. The first-order chi connectivity index (χ1) is 16.6. The van der Waals surface area contributed by atoms with Crippen molar-refractivity contribution in [2.75, 3.05) is 33.9 Å². The first-order valence-electron chi connectivity index (χ1n) is 12.6. The normalized spacial score (nSPS) is 24.0. The van der Waals surface area contributed by atoms with Gasteiger partial charge in [-0.2, -0.15) is 0 Å². The molecule has 0 N–H and O–H groups in total. The van der Waals surface area contributed by atoms with Crippen LogP contribution in [0.4, 0.5) is 0 Å². The monoisotopic (exact) mass is 464 g/mol. The van der Waals surface area contributed by atoms with Crippen LogP contribution >= 0.6 is 0 Å². The highest BCUT2D eigenvalue weighted by Crippen LogP contribution is 2.41. The Morgan fingerprint density at radius 1 is 1.00 bits per heavy atom. The van der Waals surface area contributed by atoms with Crippen LogP contribution in [-0.4, -0.2) is 61.7 Å². The minimum atomic E-state index is 0.163. The van der Waals surface area contributed by atoms with Crippen LogP contribution in [0.15, 0.2) is 36.4 Å². The molecule has 3 heterocycles. The molecule has 0 aliphatic carbocycles. The molecule has 182 valence electrons. The maximum Gasteiger partial charge on any atom is 0.254 e. The molecule has 2 aromatic rings. The van der Waals surface area contributed by atoms with Crippen LogP contribution < -0.4 is 14.2 Å². The van der Waals surface area contributed by atoms with E-state index in [9.17, 15) is 4.79 Å². The van der Waals surface area contributed by atoms with E-state index < -0.39 is 0 Å². The summed E-state index contributed by atoms with van der Waals surface area (Å²) in [7, 11) is 3.49. The maximum absolute atomic E-state index is 13.4. The molecule has 0 saturated carbocycles. The third-order valence-electron chi connectivity index (χ3n) is 7.82. The summed E-state index contributed by atoms with van der Waals surface area (Å²) >= 11 is 0. The molecular weight excluding hydrogens is 428 g/mol. The Bertz CT molecular complexity index is 1030. The van der Waals surface area contributed by atoms with Gasteiger partial charge in [0.2, 0.25) is 0 Å². The predicted octanol–water partition coefficient (Wildman–Crippen LogP) is 4.54. The Balaban J connectivity index is 1.25. The molecular formula is C28H36N2O4. The average Bonchev–Trinajstić information content (AvgIpc) is 3.13. The summed E-state index contributed by atoms with van der Waals surface area (Å²) in [6.07, 6.45) is 5.39. The van der Waals surface area contributed by atoms with E-state index in [-0.39, 0.29) is 5.91 Å². The number of carbonyl (C=O) groups excluding carboxylic acids is 1. The standard InChI is InChI=1S/C28H36N2O4/c1-4-34-23-7-5-6-20(16-23)28(31)30-21-8-9-22(30)15-19(14-21)17-29-13-12-24-25(18-29)27(33-3)11-10-26(24)32-2/h5-7,10-11,16,19,21-22H,4,8-9,12-15,17-18H2,1-3H3. The lowest BCUT2D eigenvalue weighted by atomic mass is 9.88. The van der Waals surface area contributed by atoms with Crippen LogP contribution in [0.25, 0.3) is 0 Å². The third kappa shape index (κ3) is 4.36. The van der Waals surface area contributed by atoms with Gasteiger partial charge in [0.05, 0.1) is 20.8 Å². The average molecular weight is 465 g/mol. The number of amides is 1. The fraction of sp³-hybridized carbons (Fsp3) is 0.536. The van der Waals surface area contributed by atoms with Gasteiger partial charge >= 0.3 is 0 Å². The lowest BCUT2D eigenvalue weighted by molar-refractivity contribution is 0.0473.